The summed E-state index contributed by atoms with van der Waals surface area (Å²) in [6.07, 6.45) is 4.13. The number of anilines is 1. The van der Waals surface area contributed by atoms with Gasteiger partial charge in [0.1, 0.15) is 0 Å². The molecule has 1 heterocycles. The van der Waals surface area contributed by atoms with Gasteiger partial charge in [0.25, 0.3) is 5.91 Å². The van der Waals surface area contributed by atoms with Crippen molar-refractivity contribution >= 4 is 27.7 Å². The molecule has 0 bridgehead atoms. The molecule has 0 radical (unpaired) electrons. The Kier molecular flexibility index (Phi) is 5.77. The van der Waals surface area contributed by atoms with Crippen LogP contribution in [0.1, 0.15) is 25.0 Å². The van der Waals surface area contributed by atoms with Crippen LogP contribution in [0.4, 0.5) is 5.69 Å². The van der Waals surface area contributed by atoms with Crippen LogP contribution < -0.4 is 4.90 Å². The first-order chi connectivity index (χ1) is 13.0. The van der Waals surface area contributed by atoms with Crippen molar-refractivity contribution in [3.05, 3.63) is 65.7 Å². The lowest BCUT2D eigenvalue weighted by atomic mass is 10.2. The molecular weight excluding hydrogens is 360 g/mol. The van der Waals surface area contributed by atoms with Crippen LogP contribution in [-0.4, -0.2) is 38.3 Å². The topological polar surface area (TPSA) is 57.7 Å². The largest absolute Gasteiger partial charge is 0.308 e. The molecule has 0 atom stereocenters. The summed E-state index contributed by atoms with van der Waals surface area (Å²) in [7, 11) is -3.46. The molecule has 0 aromatic heterocycles. The Morgan fingerprint density at radius 2 is 1.74 bits per heavy atom. The number of hydrogen-bond acceptors (Lipinski definition) is 3. The molecule has 1 aliphatic rings. The number of fused-ring (bicyclic) bond motifs is 1. The Morgan fingerprint density at radius 3 is 2.41 bits per heavy atom. The predicted molar refractivity (Wildman–Crippen MR) is 108 cm³/mol. The average molecular weight is 385 g/mol. The normalized spacial score (nSPS) is 14.1. The summed E-state index contributed by atoms with van der Waals surface area (Å²) in [5.41, 5.74) is 2.94. The predicted octanol–water partition coefficient (Wildman–Crippen LogP) is 3.32. The van der Waals surface area contributed by atoms with E-state index in [4.69, 9.17) is 0 Å². The van der Waals surface area contributed by atoms with Crippen LogP contribution in [0.3, 0.4) is 0 Å². The Balaban J connectivity index is 1.73. The SMILES string of the molecule is CCN(CC)S(=O)(=O)c1ccc(C=CC(=O)N2CCc3ccccc32)cc1. The quantitative estimate of drug-likeness (QED) is 0.718. The molecule has 27 heavy (non-hydrogen) atoms. The second kappa shape index (κ2) is 8.06. The minimum atomic E-state index is -3.46. The lowest BCUT2D eigenvalue weighted by molar-refractivity contribution is -0.114. The van der Waals surface area contributed by atoms with Gasteiger partial charge >= 0.3 is 0 Å². The number of carbonyl (C=O) groups is 1. The number of hydrogen-bond donors (Lipinski definition) is 0. The summed E-state index contributed by atoms with van der Waals surface area (Å²) in [6, 6.07) is 14.5. The third kappa shape index (κ3) is 3.96. The molecule has 0 spiro atoms. The fourth-order valence-corrected chi connectivity index (χ4v) is 4.75. The van der Waals surface area contributed by atoms with Gasteiger partial charge in [0.2, 0.25) is 10.0 Å². The van der Waals surface area contributed by atoms with Crippen LogP contribution in [0, 0.1) is 0 Å². The second-order valence-electron chi connectivity index (χ2n) is 6.36. The Bertz CT molecular complexity index is 946. The summed E-state index contributed by atoms with van der Waals surface area (Å²) in [5, 5.41) is 0. The van der Waals surface area contributed by atoms with Gasteiger partial charge in [-0.3, -0.25) is 4.79 Å². The summed E-state index contributed by atoms with van der Waals surface area (Å²) < 4.78 is 26.4. The first kappa shape index (κ1) is 19.3. The van der Waals surface area contributed by atoms with E-state index >= 15 is 0 Å². The first-order valence-electron chi connectivity index (χ1n) is 9.15. The van der Waals surface area contributed by atoms with E-state index in [2.05, 4.69) is 0 Å². The van der Waals surface area contributed by atoms with E-state index in [1.807, 2.05) is 38.1 Å². The summed E-state index contributed by atoms with van der Waals surface area (Å²) in [5.74, 6) is -0.0696. The van der Waals surface area contributed by atoms with E-state index in [1.165, 1.54) is 15.9 Å². The zero-order valence-electron chi connectivity index (χ0n) is 15.6. The maximum Gasteiger partial charge on any atom is 0.251 e. The van der Waals surface area contributed by atoms with Gasteiger partial charge in [0.05, 0.1) is 4.90 Å². The highest BCUT2D eigenvalue weighted by Gasteiger charge is 2.23. The van der Waals surface area contributed by atoms with Crippen LogP contribution in [0.5, 0.6) is 0 Å². The average Bonchev–Trinajstić information content (AvgIpc) is 3.11. The van der Waals surface area contributed by atoms with Crippen molar-refractivity contribution in [2.45, 2.75) is 25.2 Å². The maximum atomic E-state index is 12.5. The zero-order valence-corrected chi connectivity index (χ0v) is 16.4. The van der Waals surface area contributed by atoms with Gasteiger partial charge in [-0.15, -0.1) is 0 Å². The number of nitrogens with zero attached hydrogens (tertiary/aromatic N) is 2. The van der Waals surface area contributed by atoms with Crippen molar-refractivity contribution in [1.82, 2.24) is 4.31 Å². The van der Waals surface area contributed by atoms with Crippen LogP contribution >= 0.6 is 0 Å². The van der Waals surface area contributed by atoms with Gasteiger partial charge in [-0.2, -0.15) is 4.31 Å². The zero-order chi connectivity index (χ0) is 19.4. The number of benzene rings is 2. The molecule has 5 nitrogen and oxygen atoms in total. The molecule has 2 aromatic carbocycles. The van der Waals surface area contributed by atoms with Crippen molar-refractivity contribution in [2.24, 2.45) is 0 Å². The van der Waals surface area contributed by atoms with E-state index in [9.17, 15) is 13.2 Å². The highest BCUT2D eigenvalue weighted by Crippen LogP contribution is 2.27. The molecular formula is C21H24N2O3S. The van der Waals surface area contributed by atoms with E-state index < -0.39 is 10.0 Å². The number of amides is 1. The molecule has 0 saturated carbocycles. The van der Waals surface area contributed by atoms with E-state index in [-0.39, 0.29) is 10.8 Å². The maximum absolute atomic E-state index is 12.5. The van der Waals surface area contributed by atoms with Gasteiger partial charge in [-0.25, -0.2) is 8.42 Å². The molecule has 3 rings (SSSR count). The fraction of sp³-hybridized carbons (Fsp3) is 0.286. The van der Waals surface area contributed by atoms with Gasteiger partial charge in [0.15, 0.2) is 0 Å². The summed E-state index contributed by atoms with van der Waals surface area (Å²) >= 11 is 0. The molecule has 0 saturated heterocycles. The van der Waals surface area contributed by atoms with Gasteiger partial charge in [-0.1, -0.05) is 44.2 Å². The molecule has 1 amide bonds. The Hall–Kier alpha value is -2.44. The summed E-state index contributed by atoms with van der Waals surface area (Å²) in [6.45, 7) is 5.20. The van der Waals surface area contributed by atoms with Crippen LogP contribution in [0.15, 0.2) is 59.5 Å². The molecule has 0 aliphatic carbocycles. The lowest BCUT2D eigenvalue weighted by Gasteiger charge is -2.18. The molecule has 0 fully saturated rings. The van der Waals surface area contributed by atoms with Gasteiger partial charge < -0.3 is 4.90 Å². The number of sulfonamides is 1. The van der Waals surface area contributed by atoms with E-state index in [0.717, 1.165) is 17.7 Å². The van der Waals surface area contributed by atoms with Crippen molar-refractivity contribution < 1.29 is 13.2 Å². The molecule has 6 heteroatoms. The smallest absolute Gasteiger partial charge is 0.251 e. The van der Waals surface area contributed by atoms with E-state index in [1.54, 1.807) is 35.2 Å². The van der Waals surface area contributed by atoms with Crippen LogP contribution in [-0.2, 0) is 21.2 Å². The molecule has 2 aromatic rings. The van der Waals surface area contributed by atoms with Gasteiger partial charge in [0, 0.05) is 31.4 Å². The third-order valence-corrected chi connectivity index (χ3v) is 6.86. The first-order valence-corrected chi connectivity index (χ1v) is 10.6. The summed E-state index contributed by atoms with van der Waals surface area (Å²) in [4.78, 5) is 14.5. The van der Waals surface area contributed by atoms with Crippen molar-refractivity contribution in [3.63, 3.8) is 0 Å². The van der Waals surface area contributed by atoms with Crippen LogP contribution in [0.2, 0.25) is 0 Å². The van der Waals surface area contributed by atoms with Gasteiger partial charge in [-0.05, 0) is 41.8 Å². The fourth-order valence-electron chi connectivity index (χ4n) is 3.29. The van der Waals surface area contributed by atoms with Crippen molar-refractivity contribution in [3.8, 4) is 0 Å². The van der Waals surface area contributed by atoms with Crippen LogP contribution in [0.25, 0.3) is 6.08 Å². The highest BCUT2D eigenvalue weighted by molar-refractivity contribution is 7.89. The Labute approximate surface area is 161 Å². The highest BCUT2D eigenvalue weighted by atomic mass is 32.2. The second-order valence-corrected chi connectivity index (χ2v) is 8.30. The Morgan fingerprint density at radius 1 is 1.07 bits per heavy atom. The lowest BCUT2D eigenvalue weighted by Crippen LogP contribution is -2.30. The molecule has 0 N–H and O–H groups in total. The molecule has 0 unspecified atom stereocenters. The molecule has 142 valence electrons. The standard InChI is InChI=1S/C21H24N2O3S/c1-3-22(4-2)27(25,26)19-12-9-17(10-13-19)11-14-21(24)23-16-15-18-7-5-6-8-20(18)23/h5-14H,3-4,15-16H2,1-2H3. The number of para-hydroxylation sites is 1. The minimum absolute atomic E-state index is 0.0696. The number of carbonyl (C=O) groups excluding carboxylic acids is 1. The van der Waals surface area contributed by atoms with E-state index in [0.29, 0.717) is 19.6 Å². The number of rotatable bonds is 6. The van der Waals surface area contributed by atoms with Crippen molar-refractivity contribution in [2.75, 3.05) is 24.5 Å². The molecule has 1 aliphatic heterocycles. The monoisotopic (exact) mass is 384 g/mol. The van der Waals surface area contributed by atoms with Crippen molar-refractivity contribution in [1.29, 1.82) is 0 Å². The minimum Gasteiger partial charge on any atom is -0.308 e. The third-order valence-electron chi connectivity index (χ3n) is 4.79.